The van der Waals surface area contributed by atoms with Crippen LogP contribution < -0.4 is 5.73 Å². The highest BCUT2D eigenvalue weighted by molar-refractivity contribution is 6.33. The Morgan fingerprint density at radius 2 is 2.16 bits per heavy atom. The summed E-state index contributed by atoms with van der Waals surface area (Å²) in [6.07, 6.45) is 2.02. The molecule has 2 rings (SSSR count). The molecule has 5 nitrogen and oxygen atoms in total. The number of rotatable bonds is 4. The molecule has 6 heteroatoms. The summed E-state index contributed by atoms with van der Waals surface area (Å²) in [4.78, 5) is 25.1. The molecule has 0 bridgehead atoms. The van der Waals surface area contributed by atoms with E-state index in [-0.39, 0.29) is 28.8 Å². The van der Waals surface area contributed by atoms with Crippen molar-refractivity contribution in [1.82, 2.24) is 4.90 Å². The van der Waals surface area contributed by atoms with Gasteiger partial charge in [0.1, 0.15) is 0 Å². The number of likely N-dealkylation sites (N-methyl/N-ethyl adjacent to an activating group) is 1. The predicted molar refractivity (Wildman–Crippen MR) is 71.9 cm³/mol. The molecule has 0 atom stereocenters. The summed E-state index contributed by atoms with van der Waals surface area (Å²) in [6, 6.07) is 4.99. The number of nitrogens with zero attached hydrogens (tertiary/aromatic N) is 1. The molecule has 0 aromatic heterocycles. The molecule has 1 amide bonds. The highest BCUT2D eigenvalue weighted by atomic mass is 35.5. The first-order valence-electron chi connectivity index (χ1n) is 5.97. The molecule has 1 saturated carbocycles. The van der Waals surface area contributed by atoms with E-state index in [1.54, 1.807) is 24.1 Å². The van der Waals surface area contributed by atoms with Gasteiger partial charge >= 0.3 is 5.97 Å². The number of para-hydroxylation sites is 1. The van der Waals surface area contributed by atoms with Gasteiger partial charge in [0, 0.05) is 13.1 Å². The Hall–Kier alpha value is -1.75. The number of nitrogen functional groups attached to an aromatic ring is 1. The second-order valence-electron chi connectivity index (χ2n) is 4.51. The Morgan fingerprint density at radius 1 is 1.47 bits per heavy atom. The first kappa shape index (κ1) is 13.7. The lowest BCUT2D eigenvalue weighted by molar-refractivity contribution is -0.133. The van der Waals surface area contributed by atoms with Crippen molar-refractivity contribution in [3.05, 3.63) is 28.8 Å². The molecule has 1 aliphatic carbocycles. The topological polar surface area (TPSA) is 72.6 Å². The minimum Gasteiger partial charge on any atom is -0.452 e. The molecule has 102 valence electrons. The van der Waals surface area contributed by atoms with E-state index in [2.05, 4.69) is 0 Å². The van der Waals surface area contributed by atoms with E-state index in [1.165, 1.54) is 6.07 Å². The van der Waals surface area contributed by atoms with Crippen molar-refractivity contribution in [3.8, 4) is 0 Å². The number of carbonyl (C=O) groups is 2. The molecule has 0 aliphatic heterocycles. The van der Waals surface area contributed by atoms with E-state index in [0.29, 0.717) is 6.04 Å². The lowest BCUT2D eigenvalue weighted by Crippen LogP contribution is -2.33. The summed E-state index contributed by atoms with van der Waals surface area (Å²) in [7, 11) is 1.71. The average molecular weight is 283 g/mol. The third-order valence-corrected chi connectivity index (χ3v) is 3.42. The monoisotopic (exact) mass is 282 g/mol. The third kappa shape index (κ3) is 3.17. The maximum absolute atomic E-state index is 11.8. The van der Waals surface area contributed by atoms with Crippen molar-refractivity contribution >= 4 is 29.2 Å². The van der Waals surface area contributed by atoms with E-state index < -0.39 is 5.97 Å². The maximum Gasteiger partial charge on any atom is 0.340 e. The van der Waals surface area contributed by atoms with Crippen LogP contribution in [-0.4, -0.2) is 36.5 Å². The Labute approximate surface area is 116 Å². The fourth-order valence-corrected chi connectivity index (χ4v) is 1.86. The summed E-state index contributed by atoms with van der Waals surface area (Å²) in [5.41, 5.74) is 6.02. The molecule has 0 saturated heterocycles. The van der Waals surface area contributed by atoms with Crippen LogP contribution in [0.4, 0.5) is 5.69 Å². The van der Waals surface area contributed by atoms with Gasteiger partial charge in [0.2, 0.25) is 0 Å². The molecule has 1 aromatic rings. The van der Waals surface area contributed by atoms with Gasteiger partial charge in [-0.1, -0.05) is 17.7 Å². The predicted octanol–water partition coefficient (Wildman–Crippen LogP) is 1.70. The average Bonchev–Trinajstić information content (AvgIpc) is 3.22. The fourth-order valence-electron chi connectivity index (χ4n) is 1.69. The van der Waals surface area contributed by atoms with Crippen LogP contribution in [0, 0.1) is 0 Å². The third-order valence-electron chi connectivity index (χ3n) is 3.09. The van der Waals surface area contributed by atoms with Crippen LogP contribution in [-0.2, 0) is 9.53 Å². The van der Waals surface area contributed by atoms with E-state index in [0.717, 1.165) is 12.8 Å². The summed E-state index contributed by atoms with van der Waals surface area (Å²) in [5, 5.41) is 0.288. The zero-order valence-corrected chi connectivity index (χ0v) is 11.3. The van der Waals surface area contributed by atoms with Crippen LogP contribution >= 0.6 is 11.6 Å². The summed E-state index contributed by atoms with van der Waals surface area (Å²) < 4.78 is 4.96. The molecule has 1 fully saturated rings. The lowest BCUT2D eigenvalue weighted by atomic mass is 10.2. The van der Waals surface area contributed by atoms with Crippen LogP contribution in [0.3, 0.4) is 0 Å². The second kappa shape index (κ2) is 5.48. The van der Waals surface area contributed by atoms with Crippen LogP contribution in [0.5, 0.6) is 0 Å². The van der Waals surface area contributed by atoms with E-state index in [1.807, 2.05) is 0 Å². The Morgan fingerprint density at radius 3 is 2.79 bits per heavy atom. The Balaban J connectivity index is 1.94. The summed E-state index contributed by atoms with van der Waals surface area (Å²) >= 11 is 5.81. The number of nitrogens with two attached hydrogens (primary N) is 1. The first-order chi connectivity index (χ1) is 9.00. The van der Waals surface area contributed by atoms with Crippen LogP contribution in [0.2, 0.25) is 5.02 Å². The number of esters is 1. The van der Waals surface area contributed by atoms with Crippen LogP contribution in [0.25, 0.3) is 0 Å². The van der Waals surface area contributed by atoms with E-state index in [9.17, 15) is 9.59 Å². The minimum absolute atomic E-state index is 0.164. The molecule has 0 unspecified atom stereocenters. The molecule has 0 heterocycles. The molecule has 19 heavy (non-hydrogen) atoms. The van der Waals surface area contributed by atoms with Gasteiger partial charge in [0.15, 0.2) is 6.61 Å². The fraction of sp³-hybridized carbons (Fsp3) is 0.385. The number of hydrogen-bond donors (Lipinski definition) is 1. The number of anilines is 1. The standard InChI is InChI=1S/C13H15ClN2O3/c1-16(8-5-6-8)11(17)7-19-13(18)9-3-2-4-10(14)12(9)15/h2-4,8H,5-7,15H2,1H3. The van der Waals surface area contributed by atoms with Gasteiger partial charge in [-0.2, -0.15) is 0 Å². The van der Waals surface area contributed by atoms with E-state index in [4.69, 9.17) is 22.1 Å². The van der Waals surface area contributed by atoms with Gasteiger partial charge in [0.25, 0.3) is 5.91 Å². The van der Waals surface area contributed by atoms with Gasteiger partial charge in [-0.25, -0.2) is 4.79 Å². The normalized spacial score (nSPS) is 14.0. The van der Waals surface area contributed by atoms with E-state index >= 15 is 0 Å². The zero-order valence-electron chi connectivity index (χ0n) is 10.6. The Kier molecular flexibility index (Phi) is 3.95. The van der Waals surface area contributed by atoms with Crippen molar-refractivity contribution in [2.75, 3.05) is 19.4 Å². The highest BCUT2D eigenvalue weighted by Gasteiger charge is 2.30. The summed E-state index contributed by atoms with van der Waals surface area (Å²) in [5.74, 6) is -0.853. The molecule has 0 spiro atoms. The number of carbonyl (C=O) groups excluding carboxylic acids is 2. The molecule has 1 aromatic carbocycles. The highest BCUT2D eigenvalue weighted by Crippen LogP contribution is 2.25. The SMILES string of the molecule is CN(C(=O)COC(=O)c1cccc(Cl)c1N)C1CC1. The van der Waals surface area contributed by atoms with Gasteiger partial charge in [-0.3, -0.25) is 4.79 Å². The van der Waals surface area contributed by atoms with Crippen molar-refractivity contribution < 1.29 is 14.3 Å². The molecule has 0 radical (unpaired) electrons. The van der Waals surface area contributed by atoms with Gasteiger partial charge in [-0.05, 0) is 25.0 Å². The number of amides is 1. The second-order valence-corrected chi connectivity index (χ2v) is 4.92. The van der Waals surface area contributed by atoms with Gasteiger partial charge in [0.05, 0.1) is 16.3 Å². The maximum atomic E-state index is 11.8. The van der Waals surface area contributed by atoms with Gasteiger partial charge in [-0.15, -0.1) is 0 Å². The van der Waals surface area contributed by atoms with Gasteiger partial charge < -0.3 is 15.4 Å². The number of hydrogen-bond acceptors (Lipinski definition) is 4. The number of halogens is 1. The number of ether oxygens (including phenoxy) is 1. The van der Waals surface area contributed by atoms with Crippen LogP contribution in [0.1, 0.15) is 23.2 Å². The smallest absolute Gasteiger partial charge is 0.340 e. The van der Waals surface area contributed by atoms with Crippen LogP contribution in [0.15, 0.2) is 18.2 Å². The largest absolute Gasteiger partial charge is 0.452 e. The van der Waals surface area contributed by atoms with Crippen molar-refractivity contribution in [2.24, 2.45) is 0 Å². The lowest BCUT2D eigenvalue weighted by Gasteiger charge is -2.16. The van der Waals surface area contributed by atoms with Crippen molar-refractivity contribution in [2.45, 2.75) is 18.9 Å². The first-order valence-corrected chi connectivity index (χ1v) is 6.35. The van der Waals surface area contributed by atoms with Crippen molar-refractivity contribution in [1.29, 1.82) is 0 Å². The number of benzene rings is 1. The molecular formula is C13H15ClN2O3. The summed E-state index contributed by atoms with van der Waals surface area (Å²) in [6.45, 7) is -0.280. The minimum atomic E-state index is -0.641. The molecule has 1 aliphatic rings. The Bertz CT molecular complexity index is 515. The van der Waals surface area contributed by atoms with Crippen molar-refractivity contribution in [3.63, 3.8) is 0 Å². The molecule has 2 N–H and O–H groups in total. The zero-order chi connectivity index (χ0) is 14.0. The molecular weight excluding hydrogens is 268 g/mol. The quantitative estimate of drug-likeness (QED) is 0.674.